The van der Waals surface area contributed by atoms with Crippen molar-refractivity contribution in [3.05, 3.63) is 59.5 Å². The molecular formula is C18H18N4. The number of aromatic nitrogens is 3. The van der Waals surface area contributed by atoms with Crippen LogP contribution in [0.5, 0.6) is 0 Å². The van der Waals surface area contributed by atoms with Gasteiger partial charge in [-0.2, -0.15) is 5.26 Å². The highest BCUT2D eigenvalue weighted by Crippen LogP contribution is 2.17. The summed E-state index contributed by atoms with van der Waals surface area (Å²) in [5.41, 5.74) is 4.20. The van der Waals surface area contributed by atoms with Crippen LogP contribution in [-0.4, -0.2) is 14.5 Å². The number of imidazole rings is 1. The van der Waals surface area contributed by atoms with Gasteiger partial charge < -0.3 is 4.57 Å². The summed E-state index contributed by atoms with van der Waals surface area (Å²) in [4.78, 5) is 9.23. The Morgan fingerprint density at radius 1 is 1.18 bits per heavy atom. The Morgan fingerprint density at radius 2 is 2.00 bits per heavy atom. The van der Waals surface area contributed by atoms with Gasteiger partial charge in [0.15, 0.2) is 5.65 Å². The molecule has 22 heavy (non-hydrogen) atoms. The molecule has 0 atom stereocenters. The molecule has 0 N–H and O–H groups in total. The van der Waals surface area contributed by atoms with Gasteiger partial charge in [-0.15, -0.1) is 0 Å². The van der Waals surface area contributed by atoms with Crippen LogP contribution in [-0.2, 0) is 19.4 Å². The minimum absolute atomic E-state index is 0.472. The maximum atomic E-state index is 8.88. The highest BCUT2D eigenvalue weighted by atomic mass is 15.1. The molecule has 0 aliphatic carbocycles. The molecule has 3 rings (SSSR count). The second-order valence-electron chi connectivity index (χ2n) is 5.43. The van der Waals surface area contributed by atoms with Gasteiger partial charge in [0.2, 0.25) is 0 Å². The molecule has 0 unspecified atom stereocenters. The third-order valence-corrected chi connectivity index (χ3v) is 3.73. The van der Waals surface area contributed by atoms with Crippen molar-refractivity contribution in [2.24, 2.45) is 0 Å². The van der Waals surface area contributed by atoms with Crippen molar-refractivity contribution in [3.63, 3.8) is 0 Å². The molecule has 0 aliphatic rings. The van der Waals surface area contributed by atoms with Crippen molar-refractivity contribution in [2.45, 2.75) is 32.7 Å². The summed E-state index contributed by atoms with van der Waals surface area (Å²) in [5.74, 6) is 1.01. The average molecular weight is 290 g/mol. The van der Waals surface area contributed by atoms with Gasteiger partial charge in [0.05, 0.1) is 12.5 Å². The van der Waals surface area contributed by atoms with E-state index in [-0.39, 0.29) is 0 Å². The molecule has 0 radical (unpaired) electrons. The first-order chi connectivity index (χ1) is 10.8. The van der Waals surface area contributed by atoms with E-state index in [1.54, 1.807) is 0 Å². The van der Waals surface area contributed by atoms with Gasteiger partial charge in [0.25, 0.3) is 0 Å². The number of rotatable bonds is 5. The zero-order chi connectivity index (χ0) is 15.4. The number of hydrogen-bond donors (Lipinski definition) is 0. The first-order valence-electron chi connectivity index (χ1n) is 7.50. The summed E-state index contributed by atoms with van der Waals surface area (Å²) in [6.07, 6.45) is 4.12. The predicted molar refractivity (Wildman–Crippen MR) is 86.3 cm³/mol. The lowest BCUT2D eigenvalue weighted by Gasteiger charge is -2.06. The molecule has 2 aromatic heterocycles. The molecule has 0 spiro atoms. The molecule has 0 fully saturated rings. The quantitative estimate of drug-likeness (QED) is 0.723. The van der Waals surface area contributed by atoms with E-state index in [1.165, 1.54) is 5.56 Å². The number of fused-ring (bicyclic) bond motifs is 1. The number of nitriles is 1. The van der Waals surface area contributed by atoms with Crippen molar-refractivity contribution in [3.8, 4) is 6.07 Å². The van der Waals surface area contributed by atoms with E-state index in [1.807, 2.05) is 19.2 Å². The maximum Gasteiger partial charge on any atom is 0.160 e. The zero-order valence-corrected chi connectivity index (χ0v) is 12.7. The van der Waals surface area contributed by atoms with Crippen LogP contribution in [0.1, 0.15) is 23.4 Å². The van der Waals surface area contributed by atoms with Gasteiger partial charge in [-0.3, -0.25) is 0 Å². The summed E-state index contributed by atoms with van der Waals surface area (Å²) in [6, 6.07) is 14.7. The van der Waals surface area contributed by atoms with Crippen LogP contribution in [0.2, 0.25) is 0 Å². The third-order valence-electron chi connectivity index (χ3n) is 3.73. The van der Waals surface area contributed by atoms with Gasteiger partial charge in [-0.05, 0) is 30.5 Å². The Hall–Kier alpha value is -2.67. The molecule has 0 amide bonds. The number of aryl methyl sites for hydroxylation is 4. The summed E-state index contributed by atoms with van der Waals surface area (Å²) in [6.45, 7) is 2.66. The predicted octanol–water partition coefficient (Wildman–Crippen LogP) is 3.44. The SMILES string of the molecule is Cc1cnc2c(c1)nc(CCc1ccccc1)n2CCC#N. The lowest BCUT2D eigenvalue weighted by Crippen LogP contribution is -2.06. The fraction of sp³-hybridized carbons (Fsp3) is 0.278. The highest BCUT2D eigenvalue weighted by molar-refractivity contribution is 5.72. The molecular weight excluding hydrogens is 272 g/mol. The Kier molecular flexibility index (Phi) is 4.15. The van der Waals surface area contributed by atoms with Crippen molar-refractivity contribution in [2.75, 3.05) is 0 Å². The first kappa shape index (κ1) is 14.3. The van der Waals surface area contributed by atoms with Gasteiger partial charge in [0, 0.05) is 19.2 Å². The van der Waals surface area contributed by atoms with Crippen LogP contribution < -0.4 is 0 Å². The van der Waals surface area contributed by atoms with Gasteiger partial charge in [-0.1, -0.05) is 30.3 Å². The molecule has 4 heteroatoms. The standard InChI is InChI=1S/C18H18N4/c1-14-12-16-18(20-13-14)22(11-5-10-19)17(21-16)9-8-15-6-3-2-4-7-15/h2-4,6-7,12-13H,5,8-9,11H2,1H3. The number of hydrogen-bond acceptors (Lipinski definition) is 3. The molecule has 2 heterocycles. The molecule has 0 saturated carbocycles. The van der Waals surface area contributed by atoms with Crippen molar-refractivity contribution in [1.82, 2.24) is 14.5 Å². The fourth-order valence-electron chi connectivity index (χ4n) is 2.65. The van der Waals surface area contributed by atoms with E-state index >= 15 is 0 Å². The average Bonchev–Trinajstić information content (AvgIpc) is 2.88. The van der Waals surface area contributed by atoms with Crippen LogP contribution in [0.25, 0.3) is 11.2 Å². The van der Waals surface area contributed by atoms with E-state index in [4.69, 9.17) is 10.2 Å². The molecule has 3 aromatic rings. The van der Waals surface area contributed by atoms with Gasteiger partial charge >= 0.3 is 0 Å². The highest BCUT2D eigenvalue weighted by Gasteiger charge is 2.12. The molecule has 0 aliphatic heterocycles. The van der Waals surface area contributed by atoms with Crippen molar-refractivity contribution in [1.29, 1.82) is 5.26 Å². The van der Waals surface area contributed by atoms with Crippen LogP contribution >= 0.6 is 0 Å². The van der Waals surface area contributed by atoms with E-state index in [0.29, 0.717) is 13.0 Å². The second-order valence-corrected chi connectivity index (χ2v) is 5.43. The molecule has 1 aromatic carbocycles. The fourth-order valence-corrected chi connectivity index (χ4v) is 2.65. The van der Waals surface area contributed by atoms with Crippen LogP contribution in [0.15, 0.2) is 42.6 Å². The zero-order valence-electron chi connectivity index (χ0n) is 12.7. The molecule has 4 nitrogen and oxygen atoms in total. The lowest BCUT2D eigenvalue weighted by atomic mass is 10.1. The van der Waals surface area contributed by atoms with Crippen molar-refractivity contribution >= 4 is 11.2 Å². The summed E-state index contributed by atoms with van der Waals surface area (Å²) >= 11 is 0. The second kappa shape index (κ2) is 6.40. The Bertz CT molecular complexity index is 812. The summed E-state index contributed by atoms with van der Waals surface area (Å²) in [7, 11) is 0. The summed E-state index contributed by atoms with van der Waals surface area (Å²) in [5, 5.41) is 8.88. The van der Waals surface area contributed by atoms with E-state index < -0.39 is 0 Å². The van der Waals surface area contributed by atoms with E-state index in [9.17, 15) is 0 Å². The lowest BCUT2D eigenvalue weighted by molar-refractivity contribution is 0.671. The summed E-state index contributed by atoms with van der Waals surface area (Å²) < 4.78 is 2.08. The minimum atomic E-state index is 0.472. The van der Waals surface area contributed by atoms with Crippen LogP contribution in [0, 0.1) is 18.3 Å². The Balaban J connectivity index is 1.91. The van der Waals surface area contributed by atoms with Gasteiger partial charge in [-0.25, -0.2) is 9.97 Å². The molecule has 0 saturated heterocycles. The van der Waals surface area contributed by atoms with Crippen LogP contribution in [0.3, 0.4) is 0 Å². The monoisotopic (exact) mass is 290 g/mol. The van der Waals surface area contributed by atoms with Gasteiger partial charge in [0.1, 0.15) is 11.3 Å². The topological polar surface area (TPSA) is 54.5 Å². The smallest absolute Gasteiger partial charge is 0.160 e. The van der Waals surface area contributed by atoms with Crippen LogP contribution in [0.4, 0.5) is 0 Å². The normalized spacial score (nSPS) is 10.7. The van der Waals surface area contributed by atoms with E-state index in [2.05, 4.69) is 46.0 Å². The molecule has 0 bridgehead atoms. The Labute approximate surface area is 130 Å². The third kappa shape index (κ3) is 2.99. The molecule has 110 valence electrons. The Morgan fingerprint density at radius 3 is 2.77 bits per heavy atom. The number of pyridine rings is 1. The minimum Gasteiger partial charge on any atom is -0.312 e. The number of nitrogens with zero attached hydrogens (tertiary/aromatic N) is 4. The largest absolute Gasteiger partial charge is 0.312 e. The number of benzene rings is 1. The van der Waals surface area contributed by atoms with E-state index in [0.717, 1.165) is 35.4 Å². The van der Waals surface area contributed by atoms with Crippen molar-refractivity contribution < 1.29 is 0 Å². The first-order valence-corrected chi connectivity index (χ1v) is 7.50. The maximum absolute atomic E-state index is 8.88.